The van der Waals surface area contributed by atoms with Crippen LogP contribution in [0.25, 0.3) is 5.78 Å². The third kappa shape index (κ3) is 6.70. The predicted octanol–water partition coefficient (Wildman–Crippen LogP) is 2.91. The van der Waals surface area contributed by atoms with Gasteiger partial charge in [0, 0.05) is 12.6 Å². The molecule has 3 fully saturated rings. The lowest BCUT2D eigenvalue weighted by Crippen LogP contribution is -2.49. The number of carbonyl (C=O) groups is 4. The molecule has 44 heavy (non-hydrogen) atoms. The van der Waals surface area contributed by atoms with E-state index in [4.69, 9.17) is 15.2 Å². The number of aromatic nitrogens is 3. The molecule has 1 aliphatic heterocycles. The van der Waals surface area contributed by atoms with E-state index in [0.29, 0.717) is 22.4 Å². The lowest BCUT2D eigenvalue weighted by atomic mass is 9.54. The lowest BCUT2D eigenvalue weighted by Gasteiger charge is -2.51. The maximum atomic E-state index is 12.4. The van der Waals surface area contributed by atoms with Crippen LogP contribution in [0.5, 0.6) is 11.6 Å². The number of hydrogen-bond acceptors (Lipinski definition) is 10. The minimum Gasteiger partial charge on any atom is -0.492 e. The zero-order valence-electron chi connectivity index (χ0n) is 23.4. The molecule has 238 valence electrons. The molecule has 0 atom stereocenters. The highest BCUT2D eigenvalue weighted by Crippen LogP contribution is 2.56. The average molecular weight is 633 g/mol. The van der Waals surface area contributed by atoms with Gasteiger partial charge in [0.05, 0.1) is 24.4 Å². The number of imidazole rings is 1. The second-order valence-electron chi connectivity index (χ2n) is 10.9. The number of carboxylic acid groups (broad SMARTS) is 1. The molecule has 15 heteroatoms. The molecule has 14 nitrogen and oxygen atoms in total. The van der Waals surface area contributed by atoms with Crippen LogP contribution < -0.4 is 21.1 Å². The van der Waals surface area contributed by atoms with Gasteiger partial charge in [0.2, 0.25) is 11.7 Å². The van der Waals surface area contributed by atoms with E-state index in [9.17, 15) is 29.4 Å². The number of benzene rings is 1. The molecule has 3 saturated carbocycles. The third-order valence-electron chi connectivity index (χ3n) is 8.46. The van der Waals surface area contributed by atoms with Crippen LogP contribution >= 0.6 is 12.4 Å². The Hall–Kier alpha value is -4.43. The number of nitrogens with two attached hydrogens (primary N) is 1. The number of nitrogens with one attached hydrogen (secondary N) is 2. The number of esters is 1. The van der Waals surface area contributed by atoms with Gasteiger partial charge < -0.3 is 36.1 Å². The van der Waals surface area contributed by atoms with Crippen LogP contribution in [0.15, 0.2) is 30.5 Å². The van der Waals surface area contributed by atoms with Crippen LogP contribution in [0.4, 0.5) is 5.69 Å². The van der Waals surface area contributed by atoms with E-state index in [0.717, 1.165) is 61.7 Å². The van der Waals surface area contributed by atoms with Crippen molar-refractivity contribution in [1.29, 1.82) is 0 Å². The molecule has 2 aromatic heterocycles. The van der Waals surface area contributed by atoms with Crippen molar-refractivity contribution in [3.8, 4) is 11.6 Å². The van der Waals surface area contributed by atoms with Gasteiger partial charge in [0.15, 0.2) is 6.61 Å². The quantitative estimate of drug-likeness (QED) is 0.250. The van der Waals surface area contributed by atoms with E-state index in [-0.39, 0.29) is 67.4 Å². The largest absolute Gasteiger partial charge is 0.492 e. The Balaban J connectivity index is 0.000000280. The summed E-state index contributed by atoms with van der Waals surface area (Å²) in [5.74, 6) is -2.18. The fourth-order valence-corrected chi connectivity index (χ4v) is 5.84. The van der Waals surface area contributed by atoms with Crippen molar-refractivity contribution >= 4 is 47.6 Å². The summed E-state index contributed by atoms with van der Waals surface area (Å²) in [5, 5.41) is 24.1. The standard InChI is InChI=1S/C17H13N5O6.C11H19NO2.CH4.ClH/c23-13-6-22-11(16(26)27)4-10(20-17(22)21-13)15(25)18-5-8-1-2-12-9(3-8)19-14(24)7-28-12;1-14-9(13)11-5-2-10(8-12,3-6-11)4-7-11;;/h1-4,6,23H,5,7H2,(H,18,25)(H,19,24)(H,26,27);2-8,12H2,1H3;1H4;1H. The molecular weight excluding hydrogens is 596 g/mol. The maximum Gasteiger partial charge on any atom is 0.353 e. The Labute approximate surface area is 259 Å². The van der Waals surface area contributed by atoms with Gasteiger partial charge >= 0.3 is 11.9 Å². The fourth-order valence-electron chi connectivity index (χ4n) is 5.84. The van der Waals surface area contributed by atoms with Crippen molar-refractivity contribution < 1.29 is 38.9 Å². The van der Waals surface area contributed by atoms with Gasteiger partial charge in [-0.3, -0.25) is 18.8 Å². The molecule has 0 saturated heterocycles. The molecule has 1 aromatic carbocycles. The first-order chi connectivity index (χ1) is 20.1. The van der Waals surface area contributed by atoms with Crippen molar-refractivity contribution in [2.45, 2.75) is 52.5 Å². The van der Waals surface area contributed by atoms with Gasteiger partial charge in [-0.05, 0) is 68.2 Å². The Morgan fingerprint density at radius 2 is 1.82 bits per heavy atom. The smallest absolute Gasteiger partial charge is 0.353 e. The van der Waals surface area contributed by atoms with Gasteiger partial charge in [-0.1, -0.05) is 13.5 Å². The summed E-state index contributed by atoms with van der Waals surface area (Å²) in [5.41, 5.74) is 6.78. The fraction of sp³-hybridized carbons (Fsp3) is 0.448. The predicted molar refractivity (Wildman–Crippen MR) is 161 cm³/mol. The molecule has 0 unspecified atom stereocenters. The molecule has 3 aliphatic carbocycles. The van der Waals surface area contributed by atoms with Crippen LogP contribution in [-0.2, 0) is 20.9 Å². The molecule has 3 aromatic rings. The van der Waals surface area contributed by atoms with E-state index in [1.54, 1.807) is 18.2 Å². The van der Waals surface area contributed by atoms with Crippen LogP contribution in [0, 0.1) is 10.8 Å². The van der Waals surface area contributed by atoms with Crippen LogP contribution in [0.1, 0.15) is 72.5 Å². The average Bonchev–Trinajstić information content (AvgIpc) is 3.39. The number of nitrogens with zero attached hydrogens (tertiary/aromatic N) is 3. The van der Waals surface area contributed by atoms with Crippen LogP contribution in [0.2, 0.25) is 0 Å². The van der Waals surface area contributed by atoms with Crippen LogP contribution in [0.3, 0.4) is 0 Å². The van der Waals surface area contributed by atoms with Gasteiger partial charge in [-0.15, -0.1) is 12.4 Å². The minimum absolute atomic E-state index is 0. The summed E-state index contributed by atoms with van der Waals surface area (Å²) < 4.78 is 11.2. The van der Waals surface area contributed by atoms with E-state index in [1.807, 2.05) is 0 Å². The number of carboxylic acids is 1. The number of amides is 2. The monoisotopic (exact) mass is 632 g/mol. The normalized spacial score (nSPS) is 21.2. The second-order valence-corrected chi connectivity index (χ2v) is 10.9. The highest BCUT2D eigenvalue weighted by atomic mass is 35.5. The van der Waals surface area contributed by atoms with E-state index >= 15 is 0 Å². The number of carbonyl (C=O) groups excluding carboxylic acids is 3. The third-order valence-corrected chi connectivity index (χ3v) is 8.46. The van der Waals surface area contributed by atoms with Gasteiger partial charge in [-0.25, -0.2) is 9.78 Å². The molecule has 0 radical (unpaired) electrons. The number of fused-ring (bicyclic) bond motifs is 5. The topological polar surface area (TPSA) is 207 Å². The molecule has 6 N–H and O–H groups in total. The summed E-state index contributed by atoms with van der Waals surface area (Å²) in [6.07, 6.45) is 7.37. The number of halogens is 1. The van der Waals surface area contributed by atoms with E-state index < -0.39 is 17.8 Å². The number of rotatable bonds is 6. The molecule has 3 heterocycles. The summed E-state index contributed by atoms with van der Waals surface area (Å²) in [6.45, 7) is 0.841. The number of methoxy groups -OCH3 is 1. The summed E-state index contributed by atoms with van der Waals surface area (Å²) in [4.78, 5) is 54.6. The van der Waals surface area contributed by atoms with Gasteiger partial charge in [0.1, 0.15) is 17.1 Å². The molecule has 2 bridgehead atoms. The Morgan fingerprint density at radius 1 is 1.14 bits per heavy atom. The van der Waals surface area contributed by atoms with Crippen molar-refractivity contribution in [2.75, 3.05) is 25.6 Å². The Bertz CT molecular complexity index is 1550. The number of aromatic hydroxyl groups is 1. The minimum atomic E-state index is -1.30. The molecule has 0 spiro atoms. The van der Waals surface area contributed by atoms with Crippen molar-refractivity contribution in [3.63, 3.8) is 0 Å². The molecule has 2 amide bonds. The zero-order valence-corrected chi connectivity index (χ0v) is 24.2. The first-order valence-corrected chi connectivity index (χ1v) is 13.5. The second kappa shape index (κ2) is 13.5. The highest BCUT2D eigenvalue weighted by Gasteiger charge is 2.52. The first kappa shape index (κ1) is 34.1. The van der Waals surface area contributed by atoms with E-state index in [1.165, 1.54) is 7.11 Å². The van der Waals surface area contributed by atoms with E-state index in [2.05, 4.69) is 20.6 Å². The molecular formula is C29H37ClN6O8. The maximum absolute atomic E-state index is 12.4. The van der Waals surface area contributed by atoms with Crippen LogP contribution in [-0.4, -0.2) is 68.6 Å². The zero-order chi connectivity index (χ0) is 30.1. The summed E-state index contributed by atoms with van der Waals surface area (Å²) in [7, 11) is 1.50. The highest BCUT2D eigenvalue weighted by molar-refractivity contribution is 5.96. The van der Waals surface area contributed by atoms with Gasteiger partial charge in [-0.2, -0.15) is 4.98 Å². The number of anilines is 1. The summed E-state index contributed by atoms with van der Waals surface area (Å²) in [6, 6.07) is 6.16. The number of ether oxygens (including phenoxy) is 2. The van der Waals surface area contributed by atoms with Crippen molar-refractivity contribution in [1.82, 2.24) is 19.7 Å². The molecule has 4 aliphatic rings. The number of aromatic carboxylic acids is 1. The Morgan fingerprint density at radius 3 is 2.43 bits per heavy atom. The summed E-state index contributed by atoms with van der Waals surface area (Å²) >= 11 is 0. The first-order valence-electron chi connectivity index (χ1n) is 13.5. The van der Waals surface area contributed by atoms with Crippen molar-refractivity contribution in [2.24, 2.45) is 16.6 Å². The van der Waals surface area contributed by atoms with Crippen molar-refractivity contribution in [3.05, 3.63) is 47.4 Å². The molecule has 7 rings (SSSR count). The number of hydrogen-bond donors (Lipinski definition) is 5. The Kier molecular flexibility index (Phi) is 10.4. The SMILES string of the molecule is C.COC(=O)C12CCC(CN)(CC1)CC2.Cl.O=C1COc2ccc(CNC(=O)c3cc(C(=O)O)n4cc(O)nc4n3)cc2N1. The van der Waals surface area contributed by atoms with Gasteiger partial charge in [0.25, 0.3) is 11.8 Å². The lowest BCUT2D eigenvalue weighted by molar-refractivity contribution is -0.162.